The van der Waals surface area contributed by atoms with Gasteiger partial charge in [-0.2, -0.15) is 0 Å². The average molecular weight is 283 g/mol. The van der Waals surface area contributed by atoms with Gasteiger partial charge in [-0.1, -0.05) is 6.92 Å². The molecule has 2 unspecified atom stereocenters. The SMILES string of the molecule is CCCNC(C)c1sc(C2CN(C)CCO2)nc1C. The van der Waals surface area contributed by atoms with E-state index in [9.17, 15) is 0 Å². The van der Waals surface area contributed by atoms with Gasteiger partial charge in [0.2, 0.25) is 0 Å². The van der Waals surface area contributed by atoms with Gasteiger partial charge in [0.05, 0.1) is 12.3 Å². The molecule has 1 aromatic heterocycles. The van der Waals surface area contributed by atoms with E-state index in [4.69, 9.17) is 9.72 Å². The molecule has 0 aliphatic carbocycles. The van der Waals surface area contributed by atoms with Gasteiger partial charge in [0.15, 0.2) is 0 Å². The summed E-state index contributed by atoms with van der Waals surface area (Å²) in [4.78, 5) is 8.38. The molecule has 0 amide bonds. The fourth-order valence-corrected chi connectivity index (χ4v) is 3.49. The van der Waals surface area contributed by atoms with Crippen LogP contribution < -0.4 is 5.32 Å². The van der Waals surface area contributed by atoms with Crippen molar-refractivity contribution in [2.24, 2.45) is 0 Å². The second-order valence-corrected chi connectivity index (χ2v) is 6.36. The first kappa shape index (κ1) is 14.9. The summed E-state index contributed by atoms with van der Waals surface area (Å²) in [6.07, 6.45) is 1.31. The predicted octanol–water partition coefficient (Wildman–Crippen LogP) is 2.52. The summed E-state index contributed by atoms with van der Waals surface area (Å²) in [5, 5.41) is 4.66. The van der Waals surface area contributed by atoms with Crippen LogP contribution in [0.2, 0.25) is 0 Å². The number of rotatable bonds is 5. The zero-order valence-corrected chi connectivity index (χ0v) is 13.2. The van der Waals surface area contributed by atoms with E-state index < -0.39 is 0 Å². The molecule has 1 aliphatic heterocycles. The summed E-state index contributed by atoms with van der Waals surface area (Å²) in [7, 11) is 2.14. The van der Waals surface area contributed by atoms with Crippen molar-refractivity contribution in [1.29, 1.82) is 0 Å². The third kappa shape index (κ3) is 3.75. The number of likely N-dealkylation sites (N-methyl/N-ethyl adjacent to an activating group) is 1. The Hall–Kier alpha value is -0.490. The fourth-order valence-electron chi connectivity index (χ4n) is 2.35. The number of morpholine rings is 1. The highest BCUT2D eigenvalue weighted by Crippen LogP contribution is 2.31. The highest BCUT2D eigenvalue weighted by atomic mass is 32.1. The van der Waals surface area contributed by atoms with Crippen molar-refractivity contribution in [3.63, 3.8) is 0 Å². The first-order chi connectivity index (χ1) is 9.11. The van der Waals surface area contributed by atoms with Crippen LogP contribution >= 0.6 is 11.3 Å². The topological polar surface area (TPSA) is 37.4 Å². The van der Waals surface area contributed by atoms with Crippen LogP contribution in [-0.2, 0) is 4.74 Å². The van der Waals surface area contributed by atoms with Crippen molar-refractivity contribution in [2.45, 2.75) is 39.3 Å². The second-order valence-electron chi connectivity index (χ2n) is 5.30. The maximum Gasteiger partial charge on any atom is 0.123 e. The lowest BCUT2D eigenvalue weighted by molar-refractivity contribution is -0.0210. The normalized spacial score (nSPS) is 22.6. The lowest BCUT2D eigenvalue weighted by Crippen LogP contribution is -2.35. The molecule has 2 rings (SSSR count). The van der Waals surface area contributed by atoms with E-state index in [0.717, 1.165) is 43.4 Å². The molecule has 0 radical (unpaired) electrons. The fraction of sp³-hybridized carbons (Fsp3) is 0.786. The molecular formula is C14H25N3OS. The van der Waals surface area contributed by atoms with Crippen molar-refractivity contribution in [3.8, 4) is 0 Å². The molecule has 0 bridgehead atoms. The molecule has 0 aromatic carbocycles. The van der Waals surface area contributed by atoms with Gasteiger partial charge in [-0.05, 0) is 33.9 Å². The van der Waals surface area contributed by atoms with Crippen LogP contribution in [0, 0.1) is 6.92 Å². The van der Waals surface area contributed by atoms with E-state index in [2.05, 4.69) is 38.0 Å². The molecule has 1 saturated heterocycles. The largest absolute Gasteiger partial charge is 0.368 e. The van der Waals surface area contributed by atoms with Gasteiger partial charge >= 0.3 is 0 Å². The number of aromatic nitrogens is 1. The Kier molecular flexibility index (Phi) is 5.33. The quantitative estimate of drug-likeness (QED) is 0.901. The second kappa shape index (κ2) is 6.79. The van der Waals surface area contributed by atoms with Crippen molar-refractivity contribution < 1.29 is 4.74 Å². The van der Waals surface area contributed by atoms with Gasteiger partial charge in [0.25, 0.3) is 0 Å². The maximum absolute atomic E-state index is 5.85. The summed E-state index contributed by atoms with van der Waals surface area (Å²) in [5.41, 5.74) is 1.15. The van der Waals surface area contributed by atoms with Gasteiger partial charge in [-0.3, -0.25) is 0 Å². The minimum absolute atomic E-state index is 0.148. The molecule has 2 atom stereocenters. The molecule has 1 fully saturated rings. The maximum atomic E-state index is 5.85. The first-order valence-corrected chi connectivity index (χ1v) is 7.94. The van der Waals surface area contributed by atoms with E-state index >= 15 is 0 Å². The van der Waals surface area contributed by atoms with E-state index in [-0.39, 0.29) is 6.10 Å². The molecule has 5 heteroatoms. The number of nitrogens with zero attached hydrogens (tertiary/aromatic N) is 2. The van der Waals surface area contributed by atoms with Gasteiger partial charge in [0, 0.05) is 24.0 Å². The highest BCUT2D eigenvalue weighted by Gasteiger charge is 2.24. The molecule has 1 aliphatic rings. The van der Waals surface area contributed by atoms with Crippen LogP contribution in [0.5, 0.6) is 0 Å². The van der Waals surface area contributed by atoms with Gasteiger partial charge in [0.1, 0.15) is 11.1 Å². The minimum Gasteiger partial charge on any atom is -0.368 e. The van der Waals surface area contributed by atoms with E-state index in [1.807, 2.05) is 0 Å². The van der Waals surface area contributed by atoms with Crippen molar-refractivity contribution in [3.05, 3.63) is 15.6 Å². The summed E-state index contributed by atoms with van der Waals surface area (Å²) < 4.78 is 5.85. The van der Waals surface area contributed by atoms with E-state index in [0.29, 0.717) is 6.04 Å². The van der Waals surface area contributed by atoms with Crippen LogP contribution in [0.25, 0.3) is 0 Å². The monoisotopic (exact) mass is 283 g/mol. The Morgan fingerprint density at radius 3 is 3.05 bits per heavy atom. The Labute approximate surface area is 120 Å². The molecule has 2 heterocycles. The molecule has 4 nitrogen and oxygen atoms in total. The Balaban J connectivity index is 2.07. The third-order valence-electron chi connectivity index (χ3n) is 3.49. The predicted molar refractivity (Wildman–Crippen MR) is 79.7 cm³/mol. The summed E-state index contributed by atoms with van der Waals surface area (Å²) in [5.74, 6) is 0. The van der Waals surface area contributed by atoms with Crippen LogP contribution in [0.15, 0.2) is 0 Å². The van der Waals surface area contributed by atoms with Crippen LogP contribution in [0.3, 0.4) is 0 Å². The Morgan fingerprint density at radius 1 is 1.58 bits per heavy atom. The smallest absolute Gasteiger partial charge is 0.123 e. The molecule has 19 heavy (non-hydrogen) atoms. The van der Waals surface area contributed by atoms with Crippen LogP contribution in [0.4, 0.5) is 0 Å². The van der Waals surface area contributed by atoms with Crippen LogP contribution in [-0.4, -0.2) is 43.2 Å². The number of thiazole rings is 1. The van der Waals surface area contributed by atoms with Crippen molar-refractivity contribution in [1.82, 2.24) is 15.2 Å². The van der Waals surface area contributed by atoms with E-state index in [1.165, 1.54) is 4.88 Å². The molecule has 0 saturated carbocycles. The zero-order chi connectivity index (χ0) is 13.8. The third-order valence-corrected chi connectivity index (χ3v) is 4.92. The first-order valence-electron chi connectivity index (χ1n) is 7.12. The lowest BCUT2D eigenvalue weighted by Gasteiger charge is -2.28. The van der Waals surface area contributed by atoms with Crippen LogP contribution in [0.1, 0.15) is 48.0 Å². The molecule has 1 N–H and O–H groups in total. The number of hydrogen-bond acceptors (Lipinski definition) is 5. The van der Waals surface area contributed by atoms with E-state index in [1.54, 1.807) is 11.3 Å². The lowest BCUT2D eigenvalue weighted by atomic mass is 10.2. The number of nitrogens with one attached hydrogen (secondary N) is 1. The molecule has 0 spiro atoms. The Morgan fingerprint density at radius 2 is 2.37 bits per heavy atom. The number of ether oxygens (including phenoxy) is 1. The van der Waals surface area contributed by atoms with Gasteiger partial charge in [-0.15, -0.1) is 11.3 Å². The average Bonchev–Trinajstić information content (AvgIpc) is 2.78. The molecule has 1 aromatic rings. The summed E-state index contributed by atoms with van der Waals surface area (Å²) >= 11 is 1.80. The summed E-state index contributed by atoms with van der Waals surface area (Å²) in [6, 6.07) is 0.382. The molecule has 108 valence electrons. The molecular weight excluding hydrogens is 258 g/mol. The standard InChI is InChI=1S/C14H25N3OS/c1-5-6-15-10(2)13-11(3)16-14(19-13)12-9-17(4)7-8-18-12/h10,12,15H,5-9H2,1-4H3. The van der Waals surface area contributed by atoms with Crippen molar-refractivity contribution >= 4 is 11.3 Å². The number of hydrogen-bond donors (Lipinski definition) is 1. The summed E-state index contributed by atoms with van der Waals surface area (Å²) in [6.45, 7) is 10.3. The highest BCUT2D eigenvalue weighted by molar-refractivity contribution is 7.11. The van der Waals surface area contributed by atoms with Gasteiger partial charge < -0.3 is 15.0 Å². The van der Waals surface area contributed by atoms with Gasteiger partial charge in [-0.25, -0.2) is 4.98 Å². The zero-order valence-electron chi connectivity index (χ0n) is 12.4. The van der Waals surface area contributed by atoms with Crippen molar-refractivity contribution in [2.75, 3.05) is 33.3 Å². The Bertz CT molecular complexity index is 407. The minimum atomic E-state index is 0.148. The number of aryl methyl sites for hydroxylation is 1.